The number of carbonyl (C=O) groups excluding carboxylic acids is 2. The van der Waals surface area contributed by atoms with E-state index in [1.165, 1.54) is 19.3 Å². The van der Waals surface area contributed by atoms with Crippen LogP contribution in [-0.2, 0) is 28.5 Å². The van der Waals surface area contributed by atoms with Gasteiger partial charge in [0.1, 0.15) is 41.5 Å². The van der Waals surface area contributed by atoms with Crippen LogP contribution in [0.2, 0.25) is 0 Å². The maximum atomic E-state index is 12.4. The molecule has 37 heavy (non-hydrogen) atoms. The molecule has 6 N–H and O–H groups in total. The van der Waals surface area contributed by atoms with E-state index in [1.54, 1.807) is 0 Å². The fourth-order valence-electron chi connectivity index (χ4n) is 4.13. The van der Waals surface area contributed by atoms with Gasteiger partial charge in [0.05, 0.1) is 32.2 Å². The van der Waals surface area contributed by atoms with Gasteiger partial charge >= 0.3 is 11.9 Å². The largest absolute Gasteiger partial charge is 0.508 e. The normalized spacial score (nSPS) is 31.5. The van der Waals surface area contributed by atoms with Gasteiger partial charge in [0.2, 0.25) is 6.29 Å². The van der Waals surface area contributed by atoms with Crippen molar-refractivity contribution in [3.05, 3.63) is 48.3 Å². The number of benzene rings is 1. The van der Waals surface area contributed by atoms with E-state index in [9.17, 15) is 40.2 Å². The second-order valence-electron chi connectivity index (χ2n) is 8.45. The van der Waals surface area contributed by atoms with Gasteiger partial charge < -0.3 is 54.3 Å². The zero-order valence-corrected chi connectivity index (χ0v) is 19.9. The highest BCUT2D eigenvalue weighted by atomic mass is 16.8. The molecule has 0 spiro atoms. The van der Waals surface area contributed by atoms with Crippen LogP contribution in [0.15, 0.2) is 42.7 Å². The van der Waals surface area contributed by atoms with Crippen LogP contribution in [0.5, 0.6) is 11.5 Å². The lowest BCUT2D eigenvalue weighted by Gasteiger charge is -2.43. The average molecular weight is 526 g/mol. The van der Waals surface area contributed by atoms with Crippen molar-refractivity contribution in [3.8, 4) is 11.5 Å². The minimum atomic E-state index is -1.69. The van der Waals surface area contributed by atoms with Crippen LogP contribution in [0.25, 0.3) is 0 Å². The molecule has 13 heteroatoms. The molecule has 13 nitrogen and oxygen atoms in total. The zero-order valence-electron chi connectivity index (χ0n) is 19.9. The van der Waals surface area contributed by atoms with Gasteiger partial charge in [0.25, 0.3) is 0 Å². The molecule has 2 heterocycles. The molecular formula is C24H30O13. The van der Waals surface area contributed by atoms with Crippen LogP contribution >= 0.6 is 0 Å². The number of carbonyl (C=O) groups is 2. The predicted molar refractivity (Wildman–Crippen MR) is 122 cm³/mol. The average Bonchev–Trinajstić information content (AvgIpc) is 2.89. The number of hydrogen-bond donors (Lipinski definition) is 6. The maximum absolute atomic E-state index is 12.4. The fraction of sp³-hybridized carbons (Fsp3) is 0.500. The van der Waals surface area contributed by atoms with Crippen molar-refractivity contribution in [1.29, 1.82) is 0 Å². The quantitative estimate of drug-likeness (QED) is 0.134. The highest BCUT2D eigenvalue weighted by molar-refractivity contribution is 5.93. The van der Waals surface area contributed by atoms with Crippen molar-refractivity contribution in [2.45, 2.75) is 43.4 Å². The van der Waals surface area contributed by atoms with E-state index in [0.717, 1.165) is 18.4 Å². The van der Waals surface area contributed by atoms with Crippen molar-refractivity contribution in [2.24, 2.45) is 11.8 Å². The summed E-state index contributed by atoms with van der Waals surface area (Å²) in [5.74, 6) is -3.77. The SMILES string of the molecule is C=CC1C(OC2OC(CO)C(O)C(O)C2O)OC=C(C(=O)OC)C1CCOC(=O)c1cc(O)ccc1O. The summed E-state index contributed by atoms with van der Waals surface area (Å²) in [6, 6.07) is 3.38. The van der Waals surface area contributed by atoms with Crippen LogP contribution in [-0.4, -0.2) is 99.9 Å². The van der Waals surface area contributed by atoms with Gasteiger partial charge in [0.15, 0.2) is 6.29 Å². The van der Waals surface area contributed by atoms with Crippen molar-refractivity contribution >= 4 is 11.9 Å². The fourth-order valence-corrected chi connectivity index (χ4v) is 4.13. The van der Waals surface area contributed by atoms with Crippen LogP contribution in [0, 0.1) is 11.8 Å². The number of phenols is 2. The molecule has 0 aliphatic carbocycles. The number of rotatable bonds is 9. The molecule has 0 aromatic heterocycles. The summed E-state index contributed by atoms with van der Waals surface area (Å²) in [7, 11) is 1.17. The Morgan fingerprint density at radius 2 is 1.81 bits per heavy atom. The Bertz CT molecular complexity index is 1010. The van der Waals surface area contributed by atoms with Gasteiger partial charge in [-0.25, -0.2) is 9.59 Å². The van der Waals surface area contributed by atoms with E-state index in [0.29, 0.717) is 0 Å². The Morgan fingerprint density at radius 3 is 2.46 bits per heavy atom. The van der Waals surface area contributed by atoms with Crippen LogP contribution < -0.4 is 0 Å². The van der Waals surface area contributed by atoms with Crippen molar-refractivity contribution in [2.75, 3.05) is 20.3 Å². The van der Waals surface area contributed by atoms with E-state index < -0.39 is 67.4 Å². The monoisotopic (exact) mass is 526 g/mol. The minimum absolute atomic E-state index is 0.0425. The number of aromatic hydroxyl groups is 2. The van der Waals surface area contributed by atoms with Crippen molar-refractivity contribution < 1.29 is 63.9 Å². The lowest BCUT2D eigenvalue weighted by molar-refractivity contribution is -0.339. The number of phenolic OH excluding ortho intramolecular Hbond substituents is 2. The zero-order chi connectivity index (χ0) is 27.3. The first kappa shape index (κ1) is 28.4. The number of aliphatic hydroxyl groups is 4. The molecule has 1 aromatic rings. The van der Waals surface area contributed by atoms with E-state index in [-0.39, 0.29) is 35.7 Å². The second-order valence-corrected chi connectivity index (χ2v) is 8.45. The Hall–Kier alpha value is -3.20. The first-order valence-electron chi connectivity index (χ1n) is 11.3. The molecule has 8 atom stereocenters. The third-order valence-corrected chi connectivity index (χ3v) is 6.18. The number of ether oxygens (including phenoxy) is 5. The molecule has 8 unspecified atom stereocenters. The highest BCUT2D eigenvalue weighted by Crippen LogP contribution is 2.37. The first-order valence-corrected chi connectivity index (χ1v) is 11.3. The lowest BCUT2D eigenvalue weighted by Crippen LogP contribution is -2.60. The third kappa shape index (κ3) is 6.21. The molecule has 0 radical (unpaired) electrons. The molecule has 0 bridgehead atoms. The summed E-state index contributed by atoms with van der Waals surface area (Å²) in [5.41, 5.74) is -0.169. The Morgan fingerprint density at radius 1 is 1.08 bits per heavy atom. The molecule has 1 saturated heterocycles. The van der Waals surface area contributed by atoms with Gasteiger partial charge in [0, 0.05) is 11.8 Å². The number of aliphatic hydroxyl groups excluding tert-OH is 4. The molecule has 0 amide bonds. The predicted octanol–water partition coefficient (Wildman–Crippen LogP) is -0.707. The molecule has 3 rings (SSSR count). The van der Waals surface area contributed by atoms with Crippen molar-refractivity contribution in [3.63, 3.8) is 0 Å². The van der Waals surface area contributed by atoms with Gasteiger partial charge in [-0.05, 0) is 24.6 Å². The van der Waals surface area contributed by atoms with E-state index in [2.05, 4.69) is 6.58 Å². The third-order valence-electron chi connectivity index (χ3n) is 6.18. The van der Waals surface area contributed by atoms with E-state index in [1.807, 2.05) is 0 Å². The number of esters is 2. The van der Waals surface area contributed by atoms with Crippen LogP contribution in [0.1, 0.15) is 16.8 Å². The van der Waals surface area contributed by atoms with Crippen LogP contribution in [0.3, 0.4) is 0 Å². The molecule has 2 aliphatic heterocycles. The maximum Gasteiger partial charge on any atom is 0.342 e. The highest BCUT2D eigenvalue weighted by Gasteiger charge is 2.47. The van der Waals surface area contributed by atoms with Gasteiger partial charge in [-0.3, -0.25) is 0 Å². The number of methoxy groups -OCH3 is 1. The molecule has 2 aliphatic rings. The minimum Gasteiger partial charge on any atom is -0.508 e. The van der Waals surface area contributed by atoms with Gasteiger partial charge in [-0.15, -0.1) is 6.58 Å². The Kier molecular flexibility index (Phi) is 9.48. The van der Waals surface area contributed by atoms with Gasteiger partial charge in [-0.1, -0.05) is 6.08 Å². The molecule has 1 fully saturated rings. The summed E-state index contributed by atoms with van der Waals surface area (Å²) in [6.45, 7) is 2.86. The van der Waals surface area contributed by atoms with E-state index in [4.69, 9.17) is 23.7 Å². The Balaban J connectivity index is 1.75. The summed E-state index contributed by atoms with van der Waals surface area (Å²) < 4.78 is 26.6. The summed E-state index contributed by atoms with van der Waals surface area (Å²) in [6.07, 6.45) is -6.32. The van der Waals surface area contributed by atoms with Gasteiger partial charge in [-0.2, -0.15) is 0 Å². The summed E-state index contributed by atoms with van der Waals surface area (Å²) in [4.78, 5) is 24.8. The molecule has 1 aromatic carbocycles. The topological polar surface area (TPSA) is 202 Å². The first-order chi connectivity index (χ1) is 17.6. The molecular weight excluding hydrogens is 496 g/mol. The number of hydrogen-bond acceptors (Lipinski definition) is 13. The lowest BCUT2D eigenvalue weighted by atomic mass is 9.82. The second kappa shape index (κ2) is 12.4. The molecule has 0 saturated carbocycles. The summed E-state index contributed by atoms with van der Waals surface area (Å²) in [5, 5.41) is 59.1. The van der Waals surface area contributed by atoms with E-state index >= 15 is 0 Å². The van der Waals surface area contributed by atoms with Crippen molar-refractivity contribution in [1.82, 2.24) is 0 Å². The Labute approximate surface area is 211 Å². The molecule has 204 valence electrons. The standard InChI is InChI=1S/C24H30O13/c1-3-12-13(6-7-34-22(32)14-8-11(26)4-5-16(14)27)15(21(31)33-2)10-35-23(12)37-24-20(30)19(29)18(28)17(9-25)36-24/h3-5,8,10,12-13,17-20,23-30H,1,6-7,9H2,2H3. The summed E-state index contributed by atoms with van der Waals surface area (Å²) >= 11 is 0. The smallest absolute Gasteiger partial charge is 0.342 e. The van der Waals surface area contributed by atoms with Crippen LogP contribution in [0.4, 0.5) is 0 Å².